The molecule has 0 heterocycles. The molecule has 5 nitrogen and oxygen atoms in total. The van der Waals surface area contributed by atoms with Crippen molar-refractivity contribution in [1.29, 1.82) is 0 Å². The standard InChI is InChI=1S/C9H24N2O3Si/c1-9(10)11-7-5-6-8-15(12-2,13-3)14-4/h9,11H,5-8,10H2,1-4H3. The molecule has 0 saturated carbocycles. The van der Waals surface area contributed by atoms with Gasteiger partial charge in [0.1, 0.15) is 0 Å². The highest BCUT2D eigenvalue weighted by molar-refractivity contribution is 6.60. The minimum absolute atomic E-state index is 0.0549. The minimum atomic E-state index is -2.35. The lowest BCUT2D eigenvalue weighted by atomic mass is 10.3. The summed E-state index contributed by atoms with van der Waals surface area (Å²) < 4.78 is 15.9. The number of hydrogen-bond acceptors (Lipinski definition) is 5. The van der Waals surface area contributed by atoms with E-state index < -0.39 is 8.80 Å². The second-order valence-electron chi connectivity index (χ2n) is 3.50. The third kappa shape index (κ3) is 6.24. The first-order valence-corrected chi connectivity index (χ1v) is 7.18. The molecule has 0 aromatic carbocycles. The monoisotopic (exact) mass is 236 g/mol. The summed E-state index contributed by atoms with van der Waals surface area (Å²) in [7, 11) is 2.56. The second-order valence-corrected chi connectivity index (χ2v) is 6.59. The molecule has 0 aliphatic rings. The van der Waals surface area contributed by atoms with Crippen LogP contribution in [0.1, 0.15) is 19.8 Å². The number of nitrogens with one attached hydrogen (secondary N) is 1. The molecule has 0 bridgehead atoms. The number of nitrogens with two attached hydrogens (primary N) is 1. The Kier molecular flexibility index (Phi) is 8.21. The molecule has 0 saturated heterocycles. The van der Waals surface area contributed by atoms with Gasteiger partial charge in [0, 0.05) is 27.4 Å². The van der Waals surface area contributed by atoms with Crippen LogP contribution in [0.4, 0.5) is 0 Å². The van der Waals surface area contributed by atoms with E-state index in [1.165, 1.54) is 0 Å². The van der Waals surface area contributed by atoms with Gasteiger partial charge in [-0.25, -0.2) is 0 Å². The zero-order valence-corrected chi connectivity index (χ0v) is 11.2. The van der Waals surface area contributed by atoms with Gasteiger partial charge in [-0.2, -0.15) is 0 Å². The summed E-state index contributed by atoms with van der Waals surface area (Å²) in [5.41, 5.74) is 5.56. The maximum absolute atomic E-state index is 5.56. The normalized spacial score (nSPS) is 14.2. The molecule has 0 aliphatic carbocycles. The SMILES string of the molecule is CO[Si](CCCCNC(C)N)(OC)OC. The molecule has 0 fully saturated rings. The predicted octanol–water partition coefficient (Wildman–Crippen LogP) is 0.539. The van der Waals surface area contributed by atoms with Crippen LogP contribution in [-0.2, 0) is 13.3 Å². The lowest BCUT2D eigenvalue weighted by molar-refractivity contribution is 0.123. The van der Waals surface area contributed by atoms with Crippen molar-refractivity contribution in [3.8, 4) is 0 Å². The highest BCUT2D eigenvalue weighted by Crippen LogP contribution is 2.15. The van der Waals surface area contributed by atoms with Crippen molar-refractivity contribution in [2.24, 2.45) is 5.73 Å². The maximum atomic E-state index is 5.56. The zero-order chi connectivity index (χ0) is 11.7. The molecule has 1 atom stereocenters. The average molecular weight is 236 g/mol. The molecule has 92 valence electrons. The molecule has 0 aliphatic heterocycles. The molecule has 0 rings (SSSR count). The summed E-state index contributed by atoms with van der Waals surface area (Å²) in [4.78, 5) is 0. The third-order valence-corrected chi connectivity index (χ3v) is 5.14. The topological polar surface area (TPSA) is 65.7 Å². The van der Waals surface area contributed by atoms with Crippen LogP contribution in [0.25, 0.3) is 0 Å². The van der Waals surface area contributed by atoms with Crippen molar-refractivity contribution in [3.63, 3.8) is 0 Å². The van der Waals surface area contributed by atoms with Crippen LogP contribution in [0.15, 0.2) is 0 Å². The predicted molar refractivity (Wildman–Crippen MR) is 62.5 cm³/mol. The van der Waals surface area contributed by atoms with E-state index in [1.807, 2.05) is 6.92 Å². The highest BCUT2D eigenvalue weighted by atomic mass is 28.4. The molecule has 0 amide bonds. The van der Waals surface area contributed by atoms with Gasteiger partial charge in [-0.15, -0.1) is 0 Å². The van der Waals surface area contributed by atoms with E-state index >= 15 is 0 Å². The Balaban J connectivity index is 3.63. The van der Waals surface area contributed by atoms with Gasteiger partial charge in [-0.1, -0.05) is 0 Å². The van der Waals surface area contributed by atoms with Gasteiger partial charge in [0.15, 0.2) is 0 Å². The van der Waals surface area contributed by atoms with E-state index in [4.69, 9.17) is 19.0 Å². The molecule has 15 heavy (non-hydrogen) atoms. The Morgan fingerprint density at radius 3 is 2.07 bits per heavy atom. The van der Waals surface area contributed by atoms with Gasteiger partial charge < -0.3 is 24.3 Å². The molecule has 6 heteroatoms. The van der Waals surface area contributed by atoms with Crippen molar-refractivity contribution in [3.05, 3.63) is 0 Å². The summed E-state index contributed by atoms with van der Waals surface area (Å²) in [5.74, 6) is 0. The van der Waals surface area contributed by atoms with Crippen LogP contribution in [0, 0.1) is 0 Å². The van der Waals surface area contributed by atoms with Crippen molar-refractivity contribution in [1.82, 2.24) is 5.32 Å². The Morgan fingerprint density at radius 1 is 1.13 bits per heavy atom. The fraction of sp³-hybridized carbons (Fsp3) is 1.00. The Morgan fingerprint density at radius 2 is 1.67 bits per heavy atom. The summed E-state index contributed by atoms with van der Waals surface area (Å²) in [5, 5.41) is 3.16. The summed E-state index contributed by atoms with van der Waals surface area (Å²) in [6.07, 6.45) is 2.12. The van der Waals surface area contributed by atoms with Gasteiger partial charge in [-0.3, -0.25) is 0 Å². The smallest absolute Gasteiger partial charge is 0.377 e. The highest BCUT2D eigenvalue weighted by Gasteiger charge is 2.36. The van der Waals surface area contributed by atoms with Gasteiger partial charge >= 0.3 is 8.80 Å². The molecule has 1 unspecified atom stereocenters. The zero-order valence-electron chi connectivity index (χ0n) is 10.2. The quantitative estimate of drug-likeness (QED) is 0.347. The Labute approximate surface area is 93.6 Å². The molecule has 0 spiro atoms. The lowest BCUT2D eigenvalue weighted by Gasteiger charge is -2.24. The Hall–Kier alpha value is 0.0169. The van der Waals surface area contributed by atoms with Crippen molar-refractivity contribution in [2.45, 2.75) is 32.0 Å². The van der Waals surface area contributed by atoms with Crippen LogP contribution < -0.4 is 11.1 Å². The number of unbranched alkanes of at least 4 members (excludes halogenated alkanes) is 1. The first-order chi connectivity index (χ1) is 7.10. The Bertz CT molecular complexity index is 146. The molecular weight excluding hydrogens is 212 g/mol. The van der Waals surface area contributed by atoms with Crippen LogP contribution in [0.3, 0.4) is 0 Å². The molecule has 0 radical (unpaired) electrons. The van der Waals surface area contributed by atoms with Gasteiger partial charge in [0.05, 0.1) is 6.17 Å². The number of rotatable bonds is 9. The third-order valence-electron chi connectivity index (χ3n) is 2.31. The van der Waals surface area contributed by atoms with Gasteiger partial charge in [0.2, 0.25) is 0 Å². The van der Waals surface area contributed by atoms with Gasteiger partial charge in [0.25, 0.3) is 0 Å². The van der Waals surface area contributed by atoms with E-state index in [-0.39, 0.29) is 6.17 Å². The average Bonchev–Trinajstić information content (AvgIpc) is 2.24. The summed E-state index contributed by atoms with van der Waals surface area (Å²) >= 11 is 0. The van der Waals surface area contributed by atoms with E-state index in [0.717, 1.165) is 25.4 Å². The van der Waals surface area contributed by atoms with Crippen LogP contribution in [0.2, 0.25) is 6.04 Å². The van der Waals surface area contributed by atoms with Crippen molar-refractivity contribution < 1.29 is 13.3 Å². The first kappa shape index (κ1) is 15.0. The first-order valence-electron chi connectivity index (χ1n) is 5.24. The summed E-state index contributed by atoms with van der Waals surface area (Å²) in [6, 6.07) is 0.844. The van der Waals surface area contributed by atoms with E-state index in [1.54, 1.807) is 21.3 Å². The maximum Gasteiger partial charge on any atom is 0.500 e. The van der Waals surface area contributed by atoms with Crippen LogP contribution in [-0.4, -0.2) is 42.8 Å². The fourth-order valence-corrected chi connectivity index (χ4v) is 3.15. The lowest BCUT2D eigenvalue weighted by Crippen LogP contribution is -2.42. The second kappa shape index (κ2) is 8.20. The van der Waals surface area contributed by atoms with Gasteiger partial charge in [-0.05, 0) is 26.3 Å². The molecule has 3 N–H and O–H groups in total. The van der Waals surface area contributed by atoms with E-state index in [9.17, 15) is 0 Å². The fourth-order valence-electron chi connectivity index (χ4n) is 1.35. The summed E-state index contributed by atoms with van der Waals surface area (Å²) in [6.45, 7) is 2.85. The van der Waals surface area contributed by atoms with Crippen molar-refractivity contribution >= 4 is 8.80 Å². The number of hydrogen-bond donors (Lipinski definition) is 2. The minimum Gasteiger partial charge on any atom is -0.377 e. The van der Waals surface area contributed by atoms with Crippen molar-refractivity contribution in [2.75, 3.05) is 27.9 Å². The van der Waals surface area contributed by atoms with Crippen LogP contribution >= 0.6 is 0 Å². The molecular formula is C9H24N2O3Si. The largest absolute Gasteiger partial charge is 0.500 e. The molecule has 0 aromatic rings. The van der Waals surface area contributed by atoms with E-state index in [2.05, 4.69) is 5.32 Å². The van der Waals surface area contributed by atoms with Crippen LogP contribution in [0.5, 0.6) is 0 Å². The molecule has 0 aromatic heterocycles. The van der Waals surface area contributed by atoms with E-state index in [0.29, 0.717) is 0 Å².